The van der Waals surface area contributed by atoms with Gasteiger partial charge in [-0.25, -0.2) is 4.98 Å². The molecule has 2 heterocycles. The molecule has 4 nitrogen and oxygen atoms in total. The van der Waals surface area contributed by atoms with E-state index in [2.05, 4.69) is 15.2 Å². The van der Waals surface area contributed by atoms with E-state index in [-0.39, 0.29) is 5.75 Å². The van der Waals surface area contributed by atoms with Gasteiger partial charge in [-0.1, -0.05) is 29.8 Å². The number of nitrogens with one attached hydrogen (secondary N) is 1. The zero-order chi connectivity index (χ0) is 17.2. The van der Waals surface area contributed by atoms with E-state index >= 15 is 0 Å². The second kappa shape index (κ2) is 6.42. The van der Waals surface area contributed by atoms with Crippen LogP contribution in [0.2, 0.25) is 5.02 Å². The lowest BCUT2D eigenvalue weighted by atomic mass is 10.1. The smallest absolute Gasteiger partial charge is 0.182 e. The minimum atomic E-state index is 0.235. The SMILES string of the molecule is Oc1ccc(-c2ccc3c(/C=C/c4ccc(Cl)cc4)[nH]nc3n2)cc1. The van der Waals surface area contributed by atoms with Crippen LogP contribution in [0.5, 0.6) is 5.75 Å². The summed E-state index contributed by atoms with van der Waals surface area (Å²) in [6.07, 6.45) is 3.97. The molecular formula is C20H14ClN3O. The van der Waals surface area contributed by atoms with E-state index in [1.807, 2.05) is 60.7 Å². The Morgan fingerprint density at radius 1 is 0.880 bits per heavy atom. The van der Waals surface area contributed by atoms with Gasteiger partial charge in [-0.05, 0) is 60.2 Å². The number of phenolic OH excluding ortho intramolecular Hbond substituents is 1. The lowest BCUT2D eigenvalue weighted by molar-refractivity contribution is 0.475. The molecule has 0 unspecified atom stereocenters. The van der Waals surface area contributed by atoms with E-state index in [4.69, 9.17) is 11.6 Å². The van der Waals surface area contributed by atoms with Crippen LogP contribution in [-0.2, 0) is 0 Å². The molecule has 2 N–H and O–H groups in total. The van der Waals surface area contributed by atoms with E-state index in [1.54, 1.807) is 12.1 Å². The summed E-state index contributed by atoms with van der Waals surface area (Å²) in [6, 6.07) is 18.5. The lowest BCUT2D eigenvalue weighted by Gasteiger charge is -2.01. The fourth-order valence-electron chi connectivity index (χ4n) is 2.59. The minimum absolute atomic E-state index is 0.235. The Kier molecular flexibility index (Phi) is 3.96. The normalized spacial score (nSPS) is 11.4. The maximum atomic E-state index is 9.39. The van der Waals surface area contributed by atoms with Crippen molar-refractivity contribution in [1.82, 2.24) is 15.2 Å². The van der Waals surface area contributed by atoms with E-state index in [1.165, 1.54) is 0 Å². The number of hydrogen-bond acceptors (Lipinski definition) is 3. The molecule has 0 radical (unpaired) electrons. The minimum Gasteiger partial charge on any atom is -0.508 e. The lowest BCUT2D eigenvalue weighted by Crippen LogP contribution is -1.84. The molecular weight excluding hydrogens is 334 g/mol. The van der Waals surface area contributed by atoms with Crippen LogP contribution < -0.4 is 0 Å². The topological polar surface area (TPSA) is 61.8 Å². The van der Waals surface area contributed by atoms with Gasteiger partial charge in [0.25, 0.3) is 0 Å². The quantitative estimate of drug-likeness (QED) is 0.538. The van der Waals surface area contributed by atoms with Gasteiger partial charge in [0.15, 0.2) is 5.65 Å². The Morgan fingerprint density at radius 3 is 2.40 bits per heavy atom. The van der Waals surface area contributed by atoms with Crippen LogP contribution in [0.3, 0.4) is 0 Å². The third-order valence-corrected chi connectivity index (χ3v) is 4.18. The van der Waals surface area contributed by atoms with Crippen molar-refractivity contribution in [2.45, 2.75) is 0 Å². The molecule has 25 heavy (non-hydrogen) atoms. The summed E-state index contributed by atoms with van der Waals surface area (Å²) in [7, 11) is 0. The number of benzene rings is 2. The van der Waals surface area contributed by atoms with Crippen LogP contribution in [0.1, 0.15) is 11.3 Å². The molecule has 0 aliphatic carbocycles. The number of fused-ring (bicyclic) bond motifs is 1. The van der Waals surface area contributed by atoms with Crippen LogP contribution in [0.25, 0.3) is 34.4 Å². The second-order valence-corrected chi connectivity index (χ2v) is 6.07. The van der Waals surface area contributed by atoms with Crippen LogP contribution in [0.15, 0.2) is 60.7 Å². The van der Waals surface area contributed by atoms with Crippen molar-refractivity contribution in [3.63, 3.8) is 0 Å². The Morgan fingerprint density at radius 2 is 1.64 bits per heavy atom. The number of aromatic hydroxyl groups is 1. The van der Waals surface area contributed by atoms with Crippen molar-refractivity contribution in [3.8, 4) is 17.0 Å². The summed E-state index contributed by atoms with van der Waals surface area (Å²) in [5, 5.41) is 18.4. The summed E-state index contributed by atoms with van der Waals surface area (Å²) in [5.41, 5.74) is 4.35. The molecule has 0 bridgehead atoms. The number of phenols is 1. The van der Waals surface area contributed by atoms with E-state index in [9.17, 15) is 5.11 Å². The average Bonchev–Trinajstić information content (AvgIpc) is 3.04. The number of pyridine rings is 1. The third-order valence-electron chi connectivity index (χ3n) is 3.92. The summed E-state index contributed by atoms with van der Waals surface area (Å²) >= 11 is 5.90. The van der Waals surface area contributed by atoms with E-state index in [0.29, 0.717) is 5.65 Å². The Balaban J connectivity index is 1.65. The molecule has 4 aromatic rings. The molecule has 122 valence electrons. The highest BCUT2D eigenvalue weighted by Gasteiger charge is 2.07. The van der Waals surface area contributed by atoms with Crippen molar-refractivity contribution in [2.24, 2.45) is 0 Å². The first-order chi connectivity index (χ1) is 12.2. The van der Waals surface area contributed by atoms with Gasteiger partial charge in [-0.2, -0.15) is 5.10 Å². The Hall–Kier alpha value is -3.11. The number of rotatable bonds is 3. The van der Waals surface area contributed by atoms with Gasteiger partial charge < -0.3 is 5.11 Å². The number of H-pyrrole nitrogens is 1. The molecule has 0 amide bonds. The van der Waals surface area contributed by atoms with Gasteiger partial charge in [-0.3, -0.25) is 5.10 Å². The molecule has 0 atom stereocenters. The predicted molar refractivity (Wildman–Crippen MR) is 101 cm³/mol. The summed E-state index contributed by atoms with van der Waals surface area (Å²) < 4.78 is 0. The van der Waals surface area contributed by atoms with Gasteiger partial charge in [0.05, 0.1) is 11.4 Å². The first-order valence-corrected chi connectivity index (χ1v) is 8.15. The Bertz CT molecular complexity index is 1050. The second-order valence-electron chi connectivity index (χ2n) is 5.64. The fraction of sp³-hybridized carbons (Fsp3) is 0. The van der Waals surface area contributed by atoms with Crippen molar-refractivity contribution in [1.29, 1.82) is 0 Å². The standard InChI is InChI=1S/C20H14ClN3O/c21-15-6-1-13(2-7-15)3-11-19-17-10-12-18(22-20(17)24-23-19)14-4-8-16(25)9-5-14/h1-12,25H,(H,22,23,24)/b11-3+. The summed E-state index contributed by atoms with van der Waals surface area (Å²) in [5.74, 6) is 0.235. The van der Waals surface area contributed by atoms with Gasteiger partial charge >= 0.3 is 0 Å². The third kappa shape index (κ3) is 3.25. The molecule has 0 spiro atoms. The van der Waals surface area contributed by atoms with Gasteiger partial charge in [0.2, 0.25) is 0 Å². The molecule has 0 aliphatic rings. The number of halogens is 1. The van der Waals surface area contributed by atoms with Crippen LogP contribution in [0, 0.1) is 0 Å². The van der Waals surface area contributed by atoms with Crippen LogP contribution >= 0.6 is 11.6 Å². The maximum absolute atomic E-state index is 9.39. The van der Waals surface area contributed by atoms with Gasteiger partial charge in [0, 0.05) is 16.0 Å². The molecule has 0 saturated heterocycles. The highest BCUT2D eigenvalue weighted by atomic mass is 35.5. The van der Waals surface area contributed by atoms with Gasteiger partial charge in [0.1, 0.15) is 5.75 Å². The summed E-state index contributed by atoms with van der Waals surface area (Å²) in [6.45, 7) is 0. The van der Waals surface area contributed by atoms with E-state index in [0.717, 1.165) is 32.9 Å². The Labute approximate surface area is 149 Å². The molecule has 5 heteroatoms. The summed E-state index contributed by atoms with van der Waals surface area (Å²) in [4.78, 5) is 4.59. The molecule has 0 aliphatic heterocycles. The first-order valence-electron chi connectivity index (χ1n) is 7.77. The fourth-order valence-corrected chi connectivity index (χ4v) is 2.72. The molecule has 0 saturated carbocycles. The number of aromatic amines is 1. The largest absolute Gasteiger partial charge is 0.508 e. The van der Waals surface area contributed by atoms with Crippen molar-refractivity contribution < 1.29 is 5.11 Å². The van der Waals surface area contributed by atoms with Crippen molar-refractivity contribution >= 4 is 34.8 Å². The monoisotopic (exact) mass is 347 g/mol. The van der Waals surface area contributed by atoms with Crippen molar-refractivity contribution in [3.05, 3.63) is 76.9 Å². The zero-order valence-electron chi connectivity index (χ0n) is 13.1. The molecule has 4 rings (SSSR count). The molecule has 2 aromatic carbocycles. The van der Waals surface area contributed by atoms with Crippen molar-refractivity contribution in [2.75, 3.05) is 0 Å². The number of nitrogens with zero attached hydrogens (tertiary/aromatic N) is 2. The number of hydrogen-bond donors (Lipinski definition) is 2. The predicted octanol–water partition coefficient (Wildman–Crippen LogP) is 5.15. The van der Waals surface area contributed by atoms with Crippen LogP contribution in [-0.4, -0.2) is 20.3 Å². The zero-order valence-corrected chi connectivity index (χ0v) is 13.9. The number of aromatic nitrogens is 3. The van der Waals surface area contributed by atoms with E-state index < -0.39 is 0 Å². The van der Waals surface area contributed by atoms with Crippen LogP contribution in [0.4, 0.5) is 0 Å². The molecule has 0 fully saturated rings. The maximum Gasteiger partial charge on any atom is 0.182 e. The first kappa shape index (κ1) is 15.4. The van der Waals surface area contributed by atoms with Gasteiger partial charge in [-0.15, -0.1) is 0 Å². The highest BCUT2D eigenvalue weighted by Crippen LogP contribution is 2.24. The molecule has 2 aromatic heterocycles. The highest BCUT2D eigenvalue weighted by molar-refractivity contribution is 6.30. The average molecular weight is 348 g/mol.